The van der Waals surface area contributed by atoms with Gasteiger partial charge in [0.15, 0.2) is 17.5 Å². The van der Waals surface area contributed by atoms with Crippen LogP contribution >= 0.6 is 0 Å². The molecular weight excluding hydrogens is 707 g/mol. The number of nitrogens with zero attached hydrogens (tertiary/aromatic N) is 3. The van der Waals surface area contributed by atoms with Crippen LogP contribution in [0.15, 0.2) is 212 Å². The molecule has 1 aliphatic heterocycles. The van der Waals surface area contributed by atoms with Crippen LogP contribution in [0.3, 0.4) is 0 Å². The molecule has 9 aromatic carbocycles. The zero-order valence-corrected chi connectivity index (χ0v) is 31.5. The van der Waals surface area contributed by atoms with Gasteiger partial charge in [0.2, 0.25) is 0 Å². The Morgan fingerprint density at radius 2 is 0.845 bits per heavy atom. The Morgan fingerprint density at radius 1 is 0.328 bits per heavy atom. The van der Waals surface area contributed by atoms with Crippen LogP contribution in [0.4, 0.5) is 0 Å². The lowest BCUT2D eigenvalue weighted by molar-refractivity contribution is 0.434. The number of rotatable bonds is 6. The van der Waals surface area contributed by atoms with E-state index in [-0.39, 0.29) is 0 Å². The molecule has 0 unspecified atom stereocenters. The van der Waals surface area contributed by atoms with E-state index in [0.717, 1.165) is 67.0 Å². The average Bonchev–Trinajstić information content (AvgIpc) is 3.31. The summed E-state index contributed by atoms with van der Waals surface area (Å²) < 4.78 is 6.65. The first kappa shape index (κ1) is 33.6. The van der Waals surface area contributed by atoms with E-state index < -0.39 is 5.41 Å². The van der Waals surface area contributed by atoms with Gasteiger partial charge in [-0.1, -0.05) is 194 Å². The first-order chi connectivity index (χ1) is 28.8. The zero-order valence-electron chi connectivity index (χ0n) is 31.5. The highest BCUT2D eigenvalue weighted by Gasteiger charge is 2.46. The molecule has 0 spiro atoms. The number of fused-ring (bicyclic) bond motifs is 5. The van der Waals surface area contributed by atoms with Gasteiger partial charge in [-0.05, 0) is 62.0 Å². The third-order valence-corrected chi connectivity index (χ3v) is 11.5. The lowest BCUT2D eigenvalue weighted by Crippen LogP contribution is -2.34. The monoisotopic (exact) mass is 741 g/mol. The normalized spacial score (nSPS) is 12.8. The van der Waals surface area contributed by atoms with E-state index in [4.69, 9.17) is 19.7 Å². The predicted octanol–water partition coefficient (Wildman–Crippen LogP) is 13.3. The molecule has 0 fully saturated rings. The van der Waals surface area contributed by atoms with Gasteiger partial charge in [0.1, 0.15) is 11.5 Å². The van der Waals surface area contributed by atoms with Crippen molar-refractivity contribution < 1.29 is 4.74 Å². The summed E-state index contributed by atoms with van der Waals surface area (Å²) >= 11 is 0. The maximum Gasteiger partial charge on any atom is 0.164 e. The fraction of sp³-hybridized carbons (Fsp3) is 0.0185. The van der Waals surface area contributed by atoms with Crippen molar-refractivity contribution in [2.45, 2.75) is 5.41 Å². The van der Waals surface area contributed by atoms with Crippen LogP contribution in [0.1, 0.15) is 22.3 Å². The van der Waals surface area contributed by atoms with E-state index in [2.05, 4.69) is 182 Å². The topological polar surface area (TPSA) is 47.9 Å². The fourth-order valence-corrected chi connectivity index (χ4v) is 8.89. The van der Waals surface area contributed by atoms with Crippen molar-refractivity contribution in [1.29, 1.82) is 0 Å². The number of hydrogen-bond donors (Lipinski definition) is 0. The van der Waals surface area contributed by atoms with Gasteiger partial charge in [0.05, 0.1) is 5.41 Å². The molecule has 2 heterocycles. The van der Waals surface area contributed by atoms with E-state index in [1.807, 2.05) is 30.3 Å². The van der Waals surface area contributed by atoms with Crippen molar-refractivity contribution in [2.75, 3.05) is 0 Å². The molecule has 4 nitrogen and oxygen atoms in total. The Hall–Kier alpha value is -7.69. The van der Waals surface area contributed by atoms with Gasteiger partial charge in [-0.15, -0.1) is 0 Å². The average molecular weight is 742 g/mol. The molecule has 0 saturated heterocycles. The molecule has 0 amide bonds. The van der Waals surface area contributed by atoms with E-state index in [9.17, 15) is 0 Å². The number of ether oxygens (including phenoxy) is 1. The van der Waals surface area contributed by atoms with E-state index >= 15 is 0 Å². The maximum atomic E-state index is 6.65. The number of benzene rings is 9. The zero-order chi connectivity index (χ0) is 38.5. The van der Waals surface area contributed by atoms with Crippen LogP contribution in [-0.4, -0.2) is 15.0 Å². The molecule has 0 atom stereocenters. The van der Waals surface area contributed by atoms with Crippen molar-refractivity contribution in [3.8, 4) is 56.8 Å². The summed E-state index contributed by atoms with van der Waals surface area (Å²) in [5.41, 5.74) is 8.63. The third kappa shape index (κ3) is 5.41. The molecule has 0 aliphatic carbocycles. The summed E-state index contributed by atoms with van der Waals surface area (Å²) in [4.78, 5) is 15.7. The van der Waals surface area contributed by atoms with Crippen LogP contribution in [0.2, 0.25) is 0 Å². The Balaban J connectivity index is 1.15. The van der Waals surface area contributed by atoms with Gasteiger partial charge in [0.25, 0.3) is 0 Å². The quantitative estimate of drug-likeness (QED) is 0.159. The lowest BCUT2D eigenvalue weighted by atomic mass is 9.62. The Morgan fingerprint density at radius 3 is 1.59 bits per heavy atom. The van der Waals surface area contributed by atoms with Crippen molar-refractivity contribution in [3.63, 3.8) is 0 Å². The molecule has 0 saturated carbocycles. The van der Waals surface area contributed by atoms with Crippen LogP contribution in [0.25, 0.3) is 66.8 Å². The third-order valence-electron chi connectivity index (χ3n) is 11.5. The summed E-state index contributed by atoms with van der Waals surface area (Å²) in [5, 5.41) is 4.78. The summed E-state index contributed by atoms with van der Waals surface area (Å²) in [6.07, 6.45) is 0. The van der Waals surface area contributed by atoms with Crippen LogP contribution in [0.5, 0.6) is 11.5 Å². The molecule has 272 valence electrons. The molecule has 4 heteroatoms. The van der Waals surface area contributed by atoms with Crippen molar-refractivity contribution in [3.05, 3.63) is 235 Å². The van der Waals surface area contributed by atoms with Crippen LogP contribution < -0.4 is 4.74 Å². The molecular formula is C54H35N3O. The molecule has 1 aromatic heterocycles. The largest absolute Gasteiger partial charge is 0.457 e. The van der Waals surface area contributed by atoms with Crippen molar-refractivity contribution >= 4 is 21.5 Å². The summed E-state index contributed by atoms with van der Waals surface area (Å²) in [7, 11) is 0. The van der Waals surface area contributed by atoms with Gasteiger partial charge in [-0.25, -0.2) is 15.0 Å². The van der Waals surface area contributed by atoms with Crippen LogP contribution in [-0.2, 0) is 5.41 Å². The second-order valence-corrected chi connectivity index (χ2v) is 14.7. The highest BCUT2D eigenvalue weighted by Crippen LogP contribution is 2.57. The van der Waals surface area contributed by atoms with Gasteiger partial charge in [-0.3, -0.25) is 0 Å². The van der Waals surface area contributed by atoms with Gasteiger partial charge >= 0.3 is 0 Å². The van der Waals surface area contributed by atoms with Gasteiger partial charge in [-0.2, -0.15) is 0 Å². The SMILES string of the molecule is c1ccc(-c2nc(-c3ccc4c(ccc5ccccc54)c3)nc(-c3ccccc3-c3ccccc3C3(c4ccccc4)c4ccccc4Oc4ccccc43)n2)cc1. The van der Waals surface area contributed by atoms with Crippen LogP contribution in [0, 0.1) is 0 Å². The Kier molecular flexibility index (Phi) is 8.00. The van der Waals surface area contributed by atoms with Gasteiger partial charge < -0.3 is 4.74 Å². The minimum atomic E-state index is -0.703. The Labute approximate surface area is 336 Å². The molecule has 1 aliphatic rings. The number of hydrogen-bond acceptors (Lipinski definition) is 4. The minimum Gasteiger partial charge on any atom is -0.457 e. The smallest absolute Gasteiger partial charge is 0.164 e. The first-order valence-corrected chi connectivity index (χ1v) is 19.6. The van der Waals surface area contributed by atoms with Gasteiger partial charge in [0, 0.05) is 27.8 Å². The minimum absolute atomic E-state index is 0.606. The summed E-state index contributed by atoms with van der Waals surface area (Å²) in [6, 6.07) is 74.5. The molecule has 0 radical (unpaired) electrons. The molecule has 0 bridgehead atoms. The van der Waals surface area contributed by atoms with E-state index in [1.54, 1.807) is 0 Å². The molecule has 10 aromatic rings. The van der Waals surface area contributed by atoms with E-state index in [1.165, 1.54) is 16.2 Å². The van der Waals surface area contributed by atoms with Crippen molar-refractivity contribution in [1.82, 2.24) is 15.0 Å². The second kappa shape index (κ2) is 13.8. The van der Waals surface area contributed by atoms with Crippen molar-refractivity contribution in [2.24, 2.45) is 0 Å². The number of para-hydroxylation sites is 2. The first-order valence-electron chi connectivity index (χ1n) is 19.6. The molecule has 58 heavy (non-hydrogen) atoms. The summed E-state index contributed by atoms with van der Waals surface area (Å²) in [6.45, 7) is 0. The number of aromatic nitrogens is 3. The molecule has 11 rings (SSSR count). The second-order valence-electron chi connectivity index (χ2n) is 14.7. The maximum absolute atomic E-state index is 6.65. The fourth-order valence-electron chi connectivity index (χ4n) is 8.89. The van der Waals surface area contributed by atoms with E-state index in [0.29, 0.717) is 17.5 Å². The highest BCUT2D eigenvalue weighted by atomic mass is 16.5. The lowest BCUT2D eigenvalue weighted by Gasteiger charge is -2.42. The standard InChI is InChI=1S/C54H35N3O/c1-3-18-37(19-4-1)51-55-52(39-33-34-42-38(35-39)32-31-36-17-7-8-22-41(36)42)57-53(56-51)45-25-10-9-23-43(45)44-24-11-12-26-46(44)54(40-20-5-2-6-21-40)47-27-13-15-29-49(47)58-50-30-16-14-28-48(50)54/h1-35H. The predicted molar refractivity (Wildman–Crippen MR) is 235 cm³/mol. The highest BCUT2D eigenvalue weighted by molar-refractivity contribution is 6.08. The summed E-state index contributed by atoms with van der Waals surface area (Å²) in [5.74, 6) is 3.53. The molecule has 0 N–H and O–H groups in total. The Bertz CT molecular complexity index is 3110.